The zero-order chi connectivity index (χ0) is 11.9. The van der Waals surface area contributed by atoms with Crippen LogP contribution in [-0.2, 0) is 4.74 Å². The average molecular weight is 206 g/mol. The number of methoxy groups -OCH3 is 1. The minimum absolute atomic E-state index is 0.0348. The molecule has 0 fully saturated rings. The normalized spacial score (nSPS) is 12.9. The van der Waals surface area contributed by atoms with Crippen molar-refractivity contribution < 1.29 is 4.74 Å². The van der Waals surface area contributed by atoms with Crippen LogP contribution in [0.25, 0.3) is 0 Å². The number of ether oxygens (including phenoxy) is 1. The van der Waals surface area contributed by atoms with E-state index >= 15 is 0 Å². The molecule has 0 atom stereocenters. The fourth-order valence-electron chi connectivity index (χ4n) is 1.20. The lowest BCUT2D eigenvalue weighted by Crippen LogP contribution is -2.11. The second-order valence-electron chi connectivity index (χ2n) is 4.15. The van der Waals surface area contributed by atoms with Crippen LogP contribution in [0.3, 0.4) is 0 Å². The zero-order valence-electron chi connectivity index (χ0n) is 10.3. The molecule has 0 N–H and O–H groups in total. The first-order valence-corrected chi connectivity index (χ1v) is 5.16. The molecule has 0 heterocycles. The molecule has 0 aromatic rings. The van der Waals surface area contributed by atoms with Crippen LogP contribution in [-0.4, -0.2) is 7.11 Å². The van der Waals surface area contributed by atoms with Crippen molar-refractivity contribution in [3.05, 3.63) is 48.8 Å². The van der Waals surface area contributed by atoms with Crippen molar-refractivity contribution in [3.8, 4) is 0 Å². The van der Waals surface area contributed by atoms with Gasteiger partial charge in [0.1, 0.15) is 5.76 Å². The van der Waals surface area contributed by atoms with Crippen LogP contribution in [0.5, 0.6) is 0 Å². The summed E-state index contributed by atoms with van der Waals surface area (Å²) < 4.78 is 5.22. The Morgan fingerprint density at radius 1 is 1.40 bits per heavy atom. The summed E-state index contributed by atoms with van der Waals surface area (Å²) in [5, 5.41) is 0. The Morgan fingerprint density at radius 2 is 2.00 bits per heavy atom. The van der Waals surface area contributed by atoms with Crippen molar-refractivity contribution in [2.24, 2.45) is 5.41 Å². The van der Waals surface area contributed by atoms with Crippen molar-refractivity contribution in [2.45, 2.75) is 27.2 Å². The lowest BCUT2D eigenvalue weighted by atomic mass is 9.81. The van der Waals surface area contributed by atoms with Gasteiger partial charge in [-0.25, -0.2) is 0 Å². The van der Waals surface area contributed by atoms with Gasteiger partial charge in [0.15, 0.2) is 0 Å². The summed E-state index contributed by atoms with van der Waals surface area (Å²) in [6.07, 6.45) is 8.68. The molecule has 1 heteroatoms. The van der Waals surface area contributed by atoms with E-state index in [0.29, 0.717) is 0 Å². The highest BCUT2D eigenvalue weighted by molar-refractivity contribution is 5.29. The first kappa shape index (κ1) is 13.8. The Bertz CT molecular complexity index is 280. The molecular formula is C14H22O. The van der Waals surface area contributed by atoms with E-state index in [-0.39, 0.29) is 5.41 Å². The molecule has 15 heavy (non-hydrogen) atoms. The molecule has 0 amide bonds. The molecule has 0 spiro atoms. The monoisotopic (exact) mass is 206 g/mol. The van der Waals surface area contributed by atoms with Gasteiger partial charge in [-0.1, -0.05) is 32.6 Å². The summed E-state index contributed by atoms with van der Waals surface area (Å²) in [5.41, 5.74) is 1.09. The molecular weight excluding hydrogens is 184 g/mol. The van der Waals surface area contributed by atoms with Gasteiger partial charge >= 0.3 is 0 Å². The van der Waals surface area contributed by atoms with Crippen LogP contribution in [0.1, 0.15) is 27.2 Å². The van der Waals surface area contributed by atoms with Gasteiger partial charge < -0.3 is 4.74 Å². The van der Waals surface area contributed by atoms with E-state index in [1.165, 1.54) is 0 Å². The molecule has 0 radical (unpaired) electrons. The van der Waals surface area contributed by atoms with E-state index < -0.39 is 0 Å². The van der Waals surface area contributed by atoms with Crippen molar-refractivity contribution in [2.75, 3.05) is 7.11 Å². The lowest BCUT2D eigenvalue weighted by Gasteiger charge is -2.24. The maximum atomic E-state index is 5.22. The van der Waals surface area contributed by atoms with Gasteiger partial charge in [0.05, 0.1) is 7.11 Å². The standard InChI is InChI=1S/C14H22O/c1-7-9-13(15-6)11-12(3)14(4,5)10-8-2/h7-9,11H,2-3,10H2,1,4-6H3/b9-7-,13-11+. The fourth-order valence-corrected chi connectivity index (χ4v) is 1.20. The number of allylic oxidation sites excluding steroid dienone is 5. The zero-order valence-corrected chi connectivity index (χ0v) is 10.3. The first-order chi connectivity index (χ1) is 6.97. The smallest absolute Gasteiger partial charge is 0.118 e. The minimum atomic E-state index is 0.0348. The van der Waals surface area contributed by atoms with Gasteiger partial charge in [-0.2, -0.15) is 0 Å². The van der Waals surface area contributed by atoms with Crippen LogP contribution in [0.4, 0.5) is 0 Å². The summed E-state index contributed by atoms with van der Waals surface area (Å²) in [7, 11) is 1.67. The lowest BCUT2D eigenvalue weighted by molar-refractivity contribution is 0.305. The molecule has 0 aliphatic heterocycles. The summed E-state index contributed by atoms with van der Waals surface area (Å²) in [4.78, 5) is 0. The van der Waals surface area contributed by atoms with Gasteiger partial charge in [-0.05, 0) is 36.5 Å². The Morgan fingerprint density at radius 3 is 2.40 bits per heavy atom. The molecule has 0 aromatic carbocycles. The molecule has 0 saturated heterocycles. The van der Waals surface area contributed by atoms with Gasteiger partial charge in [-0.3, -0.25) is 0 Å². The summed E-state index contributed by atoms with van der Waals surface area (Å²) >= 11 is 0. The third-order valence-corrected chi connectivity index (χ3v) is 2.41. The van der Waals surface area contributed by atoms with E-state index in [1.807, 2.05) is 31.2 Å². The Hall–Kier alpha value is -1.24. The van der Waals surface area contributed by atoms with Crippen LogP contribution in [0.2, 0.25) is 0 Å². The second-order valence-corrected chi connectivity index (χ2v) is 4.15. The summed E-state index contributed by atoms with van der Waals surface area (Å²) in [6.45, 7) is 14.1. The van der Waals surface area contributed by atoms with Crippen LogP contribution >= 0.6 is 0 Å². The predicted octanol–water partition coefficient (Wildman–Crippen LogP) is 4.25. The van der Waals surface area contributed by atoms with Gasteiger partial charge in [0.25, 0.3) is 0 Å². The van der Waals surface area contributed by atoms with E-state index in [1.54, 1.807) is 7.11 Å². The number of hydrogen-bond acceptors (Lipinski definition) is 1. The molecule has 0 aromatic heterocycles. The summed E-state index contributed by atoms with van der Waals surface area (Å²) in [5.74, 6) is 0.833. The van der Waals surface area contributed by atoms with Crippen LogP contribution in [0, 0.1) is 5.41 Å². The second kappa shape index (κ2) is 6.28. The quantitative estimate of drug-likeness (QED) is 0.358. The van der Waals surface area contributed by atoms with E-state index in [4.69, 9.17) is 4.74 Å². The number of hydrogen-bond donors (Lipinski definition) is 0. The number of rotatable bonds is 6. The van der Waals surface area contributed by atoms with Gasteiger partial charge in [0, 0.05) is 0 Å². The predicted molar refractivity (Wildman–Crippen MR) is 67.6 cm³/mol. The highest BCUT2D eigenvalue weighted by Crippen LogP contribution is 2.31. The summed E-state index contributed by atoms with van der Waals surface area (Å²) in [6, 6.07) is 0. The van der Waals surface area contributed by atoms with Crippen molar-refractivity contribution in [3.63, 3.8) is 0 Å². The van der Waals surface area contributed by atoms with Crippen molar-refractivity contribution in [1.82, 2.24) is 0 Å². The molecule has 1 nitrogen and oxygen atoms in total. The third-order valence-electron chi connectivity index (χ3n) is 2.41. The highest BCUT2D eigenvalue weighted by atomic mass is 16.5. The van der Waals surface area contributed by atoms with E-state index in [0.717, 1.165) is 17.8 Å². The SMILES string of the molecule is C=CCC(C)(C)C(=C)/C=C(\C=C/C)OC. The van der Waals surface area contributed by atoms with E-state index in [2.05, 4.69) is 27.0 Å². The van der Waals surface area contributed by atoms with Crippen molar-refractivity contribution >= 4 is 0 Å². The average Bonchev–Trinajstić information content (AvgIpc) is 2.16. The molecule has 84 valence electrons. The molecule has 0 aliphatic rings. The first-order valence-electron chi connectivity index (χ1n) is 5.16. The van der Waals surface area contributed by atoms with Crippen molar-refractivity contribution in [1.29, 1.82) is 0 Å². The maximum Gasteiger partial charge on any atom is 0.118 e. The molecule has 0 aliphatic carbocycles. The molecule has 0 rings (SSSR count). The Labute approximate surface area is 93.8 Å². The molecule has 0 bridgehead atoms. The Kier molecular flexibility index (Phi) is 5.76. The van der Waals surface area contributed by atoms with Gasteiger partial charge in [0.2, 0.25) is 0 Å². The topological polar surface area (TPSA) is 9.23 Å². The molecule has 0 unspecified atom stereocenters. The van der Waals surface area contributed by atoms with Crippen LogP contribution < -0.4 is 0 Å². The minimum Gasteiger partial charge on any atom is -0.497 e. The Balaban J connectivity index is 4.77. The van der Waals surface area contributed by atoms with Gasteiger partial charge in [-0.15, -0.1) is 6.58 Å². The van der Waals surface area contributed by atoms with E-state index in [9.17, 15) is 0 Å². The van der Waals surface area contributed by atoms with Crippen LogP contribution in [0.15, 0.2) is 48.8 Å². The fraction of sp³-hybridized carbons (Fsp3) is 0.429. The highest BCUT2D eigenvalue weighted by Gasteiger charge is 2.18. The molecule has 0 saturated carbocycles. The largest absolute Gasteiger partial charge is 0.497 e. The third kappa shape index (κ3) is 4.68. The maximum absolute atomic E-state index is 5.22.